The molecule has 100 valence electrons. The Labute approximate surface area is 113 Å². The largest absolute Gasteiger partial charge is 0.399 e. The molecule has 1 aromatic rings. The number of ether oxygens (including phenoxy) is 1. The van der Waals surface area contributed by atoms with Crippen molar-refractivity contribution in [1.29, 1.82) is 0 Å². The maximum Gasteiger partial charge on any atom is 0.133 e. The van der Waals surface area contributed by atoms with Crippen molar-refractivity contribution >= 4 is 23.1 Å². The summed E-state index contributed by atoms with van der Waals surface area (Å²) in [7, 11) is 0. The average Bonchev–Trinajstić information content (AvgIpc) is 2.35. The van der Waals surface area contributed by atoms with Crippen LogP contribution in [-0.2, 0) is 4.74 Å². The van der Waals surface area contributed by atoms with Crippen molar-refractivity contribution < 1.29 is 4.74 Å². The van der Waals surface area contributed by atoms with Crippen molar-refractivity contribution in [2.24, 2.45) is 0 Å². The molecule has 2 N–H and O–H groups in total. The monoisotopic (exact) mass is 269 g/mol. The minimum Gasteiger partial charge on any atom is -0.399 e. The lowest BCUT2D eigenvalue weighted by Crippen LogP contribution is -2.40. The number of rotatable bonds is 4. The third-order valence-electron chi connectivity index (χ3n) is 3.06. The van der Waals surface area contributed by atoms with Gasteiger partial charge < -0.3 is 15.4 Å². The fourth-order valence-corrected chi connectivity index (χ4v) is 2.44. The molecule has 0 aliphatic carbocycles. The molecule has 1 atom stereocenters. The van der Waals surface area contributed by atoms with Crippen LogP contribution < -0.4 is 10.6 Å². The van der Waals surface area contributed by atoms with Crippen LogP contribution >= 0.6 is 11.6 Å². The van der Waals surface area contributed by atoms with Crippen molar-refractivity contribution in [1.82, 2.24) is 4.98 Å². The fourth-order valence-electron chi connectivity index (χ4n) is 2.23. The number of hydrogen-bond donors (Lipinski definition) is 1. The van der Waals surface area contributed by atoms with E-state index in [9.17, 15) is 0 Å². The summed E-state index contributed by atoms with van der Waals surface area (Å²) < 4.78 is 5.81. The summed E-state index contributed by atoms with van der Waals surface area (Å²) in [5, 5.41) is 0.446. The van der Waals surface area contributed by atoms with Gasteiger partial charge in [0.2, 0.25) is 0 Å². The molecule has 1 unspecified atom stereocenters. The summed E-state index contributed by atoms with van der Waals surface area (Å²) in [6, 6.07) is 3.54. The topological polar surface area (TPSA) is 51.4 Å². The molecule has 5 heteroatoms. The van der Waals surface area contributed by atoms with Crippen molar-refractivity contribution in [3.8, 4) is 0 Å². The molecule has 4 nitrogen and oxygen atoms in total. The lowest BCUT2D eigenvalue weighted by atomic mass is 10.1. The van der Waals surface area contributed by atoms with Gasteiger partial charge in [0.25, 0.3) is 0 Å². The maximum atomic E-state index is 5.94. The third kappa shape index (κ3) is 3.50. The van der Waals surface area contributed by atoms with Gasteiger partial charge in [-0.15, -0.1) is 0 Å². The highest BCUT2D eigenvalue weighted by Crippen LogP contribution is 2.23. The first kappa shape index (κ1) is 13.4. The van der Waals surface area contributed by atoms with E-state index >= 15 is 0 Å². The average molecular weight is 270 g/mol. The van der Waals surface area contributed by atoms with E-state index in [1.807, 2.05) is 6.07 Å². The highest BCUT2D eigenvalue weighted by molar-refractivity contribution is 6.29. The Morgan fingerprint density at radius 3 is 3.11 bits per heavy atom. The predicted molar refractivity (Wildman–Crippen MR) is 75.1 cm³/mol. The van der Waals surface area contributed by atoms with E-state index < -0.39 is 0 Å². The summed E-state index contributed by atoms with van der Waals surface area (Å²) in [5.74, 6) is 0.852. The third-order valence-corrected chi connectivity index (χ3v) is 3.26. The number of piperidine rings is 1. The van der Waals surface area contributed by atoms with E-state index in [4.69, 9.17) is 22.1 Å². The van der Waals surface area contributed by atoms with E-state index in [0.717, 1.165) is 44.8 Å². The van der Waals surface area contributed by atoms with Crippen molar-refractivity contribution in [2.45, 2.75) is 32.3 Å². The number of hydrogen-bond acceptors (Lipinski definition) is 4. The van der Waals surface area contributed by atoms with Gasteiger partial charge in [0.05, 0.1) is 6.10 Å². The van der Waals surface area contributed by atoms with Gasteiger partial charge in [0, 0.05) is 31.5 Å². The Hall–Kier alpha value is -1.00. The number of nitrogen functional groups attached to an aromatic ring is 1. The molecule has 2 heterocycles. The molecule has 0 aromatic carbocycles. The van der Waals surface area contributed by atoms with Crippen molar-refractivity contribution in [3.63, 3.8) is 0 Å². The van der Waals surface area contributed by atoms with E-state index in [2.05, 4.69) is 16.8 Å². The van der Waals surface area contributed by atoms with Gasteiger partial charge in [0.15, 0.2) is 0 Å². The zero-order valence-corrected chi connectivity index (χ0v) is 11.5. The summed E-state index contributed by atoms with van der Waals surface area (Å²) in [4.78, 5) is 6.53. The summed E-state index contributed by atoms with van der Waals surface area (Å²) in [5.41, 5.74) is 6.45. The van der Waals surface area contributed by atoms with Crippen LogP contribution in [0, 0.1) is 0 Å². The number of nitrogens with zero attached hydrogens (tertiary/aromatic N) is 2. The first-order chi connectivity index (χ1) is 8.69. The van der Waals surface area contributed by atoms with Crippen LogP contribution in [-0.4, -0.2) is 30.8 Å². The van der Waals surface area contributed by atoms with E-state index in [-0.39, 0.29) is 0 Å². The van der Waals surface area contributed by atoms with Crippen LogP contribution in [0.4, 0.5) is 11.5 Å². The van der Waals surface area contributed by atoms with Crippen LogP contribution in [0.3, 0.4) is 0 Å². The molecule has 2 rings (SSSR count). The van der Waals surface area contributed by atoms with Crippen LogP contribution in [0.5, 0.6) is 0 Å². The summed E-state index contributed by atoms with van der Waals surface area (Å²) >= 11 is 5.94. The van der Waals surface area contributed by atoms with Gasteiger partial charge in [0.1, 0.15) is 11.0 Å². The Bertz CT molecular complexity index is 380. The second-order valence-electron chi connectivity index (χ2n) is 4.66. The molecule has 0 bridgehead atoms. The molecule has 1 aromatic heterocycles. The smallest absolute Gasteiger partial charge is 0.133 e. The molecular weight excluding hydrogens is 250 g/mol. The van der Waals surface area contributed by atoms with Crippen LogP contribution in [0.15, 0.2) is 12.1 Å². The summed E-state index contributed by atoms with van der Waals surface area (Å²) in [6.45, 7) is 4.80. The highest BCUT2D eigenvalue weighted by atomic mass is 35.5. The van der Waals surface area contributed by atoms with E-state index in [0.29, 0.717) is 16.9 Å². The minimum atomic E-state index is 0.292. The number of nitrogens with two attached hydrogens (primary N) is 1. The molecule has 1 fully saturated rings. The zero-order chi connectivity index (χ0) is 13.0. The van der Waals surface area contributed by atoms with Crippen molar-refractivity contribution in [3.05, 3.63) is 17.3 Å². The lowest BCUT2D eigenvalue weighted by molar-refractivity contribution is 0.0439. The molecule has 1 aliphatic heterocycles. The van der Waals surface area contributed by atoms with Crippen LogP contribution in [0.2, 0.25) is 5.15 Å². The minimum absolute atomic E-state index is 0.292. The molecule has 0 radical (unpaired) electrons. The number of halogens is 1. The number of aromatic nitrogens is 1. The Kier molecular flexibility index (Phi) is 4.66. The van der Waals surface area contributed by atoms with Gasteiger partial charge in [-0.05, 0) is 25.3 Å². The molecule has 1 aliphatic rings. The normalized spacial score (nSPS) is 20.1. The first-order valence-electron chi connectivity index (χ1n) is 6.48. The molecule has 1 saturated heterocycles. The second-order valence-corrected chi connectivity index (χ2v) is 5.05. The molecule has 0 saturated carbocycles. The zero-order valence-electron chi connectivity index (χ0n) is 10.7. The molecule has 0 spiro atoms. The van der Waals surface area contributed by atoms with Crippen LogP contribution in [0.1, 0.15) is 26.2 Å². The van der Waals surface area contributed by atoms with Gasteiger partial charge in [-0.2, -0.15) is 0 Å². The maximum absolute atomic E-state index is 5.94. The van der Waals surface area contributed by atoms with Crippen molar-refractivity contribution in [2.75, 3.05) is 30.3 Å². The summed E-state index contributed by atoms with van der Waals surface area (Å²) in [6.07, 6.45) is 3.58. The van der Waals surface area contributed by atoms with E-state index in [1.165, 1.54) is 0 Å². The predicted octanol–water partition coefficient (Wildman–Crippen LogP) is 2.71. The van der Waals surface area contributed by atoms with Gasteiger partial charge in [-0.1, -0.05) is 18.5 Å². The van der Waals surface area contributed by atoms with Gasteiger partial charge >= 0.3 is 0 Å². The SMILES string of the molecule is CCCOC1CCCN(c2cc(N)cc(Cl)n2)C1. The molecule has 18 heavy (non-hydrogen) atoms. The molecular formula is C13H20ClN3O. The van der Waals surface area contributed by atoms with E-state index in [1.54, 1.807) is 6.07 Å². The second kappa shape index (κ2) is 6.25. The fraction of sp³-hybridized carbons (Fsp3) is 0.615. The first-order valence-corrected chi connectivity index (χ1v) is 6.86. The Morgan fingerprint density at radius 1 is 1.56 bits per heavy atom. The standard InChI is InChI=1S/C13H20ClN3O/c1-2-6-18-11-4-3-5-17(9-11)13-8-10(15)7-12(14)16-13/h7-8,11H,2-6,9H2,1H3,(H2,15,16). The van der Waals surface area contributed by atoms with Gasteiger partial charge in [-0.3, -0.25) is 0 Å². The Morgan fingerprint density at radius 2 is 2.39 bits per heavy atom. The number of anilines is 2. The van der Waals surface area contributed by atoms with Gasteiger partial charge in [-0.25, -0.2) is 4.98 Å². The Balaban J connectivity index is 2.03. The molecule has 0 amide bonds. The number of pyridine rings is 1. The lowest BCUT2D eigenvalue weighted by Gasteiger charge is -2.33. The quantitative estimate of drug-likeness (QED) is 0.854. The van der Waals surface area contributed by atoms with Crippen LogP contribution in [0.25, 0.3) is 0 Å². The highest BCUT2D eigenvalue weighted by Gasteiger charge is 2.21.